The first-order valence-corrected chi connectivity index (χ1v) is 8.54. The molecule has 2 aromatic rings. The molecule has 1 saturated heterocycles. The van der Waals surface area contributed by atoms with E-state index in [9.17, 15) is 14.3 Å². The maximum Gasteiger partial charge on any atom is 0.272 e. The minimum absolute atomic E-state index is 0.0341. The number of hydrogen-bond acceptors (Lipinski definition) is 5. The van der Waals surface area contributed by atoms with Crippen LogP contribution in [-0.2, 0) is 0 Å². The molecule has 0 bridgehead atoms. The standard InChI is InChI=1S/C19H22FN3O3/c1-21-17-5-2-4-16(22-17)18(24)23-11-3-10-19(25,12-23)13-26-15-8-6-14(20)7-9-15/h2,4-9,25H,3,10-13H2,1H3,(H,21,22). The van der Waals surface area contributed by atoms with Crippen molar-refractivity contribution in [3.05, 3.63) is 54.0 Å². The number of rotatable bonds is 5. The Morgan fingerprint density at radius 3 is 2.85 bits per heavy atom. The van der Waals surface area contributed by atoms with Gasteiger partial charge in [0.25, 0.3) is 5.91 Å². The van der Waals surface area contributed by atoms with Gasteiger partial charge in [-0.15, -0.1) is 0 Å². The minimum Gasteiger partial charge on any atom is -0.491 e. The van der Waals surface area contributed by atoms with Crippen LogP contribution in [0.15, 0.2) is 42.5 Å². The van der Waals surface area contributed by atoms with Crippen molar-refractivity contribution >= 4 is 11.7 Å². The van der Waals surface area contributed by atoms with Crippen LogP contribution in [0.25, 0.3) is 0 Å². The van der Waals surface area contributed by atoms with Gasteiger partial charge in [0, 0.05) is 13.6 Å². The summed E-state index contributed by atoms with van der Waals surface area (Å²) in [4.78, 5) is 18.6. The molecule has 1 unspecified atom stereocenters. The molecule has 7 heteroatoms. The number of carbonyl (C=O) groups excluding carboxylic acids is 1. The highest BCUT2D eigenvalue weighted by molar-refractivity contribution is 5.92. The van der Waals surface area contributed by atoms with E-state index in [2.05, 4.69) is 10.3 Å². The number of anilines is 1. The monoisotopic (exact) mass is 359 g/mol. The number of aromatic nitrogens is 1. The summed E-state index contributed by atoms with van der Waals surface area (Å²) >= 11 is 0. The zero-order chi connectivity index (χ0) is 18.6. The summed E-state index contributed by atoms with van der Waals surface area (Å²) in [7, 11) is 1.74. The van der Waals surface area contributed by atoms with Gasteiger partial charge < -0.3 is 20.1 Å². The van der Waals surface area contributed by atoms with Crippen LogP contribution in [0.4, 0.5) is 10.2 Å². The first-order valence-electron chi connectivity index (χ1n) is 8.54. The molecule has 1 aromatic carbocycles. The number of likely N-dealkylation sites (tertiary alicyclic amines) is 1. The normalized spacial score (nSPS) is 19.9. The molecule has 26 heavy (non-hydrogen) atoms. The van der Waals surface area contributed by atoms with E-state index in [0.29, 0.717) is 36.6 Å². The molecule has 2 N–H and O–H groups in total. The van der Waals surface area contributed by atoms with Gasteiger partial charge in [-0.2, -0.15) is 0 Å². The molecule has 1 aliphatic rings. The Labute approximate surface area is 151 Å². The van der Waals surface area contributed by atoms with Gasteiger partial charge >= 0.3 is 0 Å². The lowest BCUT2D eigenvalue weighted by atomic mass is 9.93. The van der Waals surface area contributed by atoms with Crippen molar-refractivity contribution in [2.24, 2.45) is 0 Å². The molecule has 0 spiro atoms. The summed E-state index contributed by atoms with van der Waals surface area (Å²) in [6, 6.07) is 10.8. The first-order chi connectivity index (χ1) is 12.5. The van der Waals surface area contributed by atoms with Gasteiger partial charge in [-0.25, -0.2) is 9.37 Å². The summed E-state index contributed by atoms with van der Waals surface area (Å²) in [5.41, 5.74) is -0.816. The third-order valence-corrected chi connectivity index (χ3v) is 4.39. The molecule has 138 valence electrons. The third kappa shape index (κ3) is 4.29. The van der Waals surface area contributed by atoms with Crippen LogP contribution in [0.1, 0.15) is 23.3 Å². The van der Waals surface area contributed by atoms with Gasteiger partial charge in [0.15, 0.2) is 0 Å². The van der Waals surface area contributed by atoms with E-state index < -0.39 is 5.60 Å². The van der Waals surface area contributed by atoms with Crippen LogP contribution in [-0.4, -0.2) is 53.2 Å². The van der Waals surface area contributed by atoms with Crippen molar-refractivity contribution in [1.29, 1.82) is 0 Å². The van der Waals surface area contributed by atoms with Crippen LogP contribution in [0.5, 0.6) is 5.75 Å². The minimum atomic E-state index is -1.15. The zero-order valence-electron chi connectivity index (χ0n) is 14.6. The predicted molar refractivity (Wildman–Crippen MR) is 95.8 cm³/mol. The molecule has 6 nitrogen and oxygen atoms in total. The number of ether oxygens (including phenoxy) is 1. The molecule has 1 fully saturated rings. The Kier molecular flexibility index (Phi) is 5.37. The van der Waals surface area contributed by atoms with Crippen LogP contribution in [0.2, 0.25) is 0 Å². The predicted octanol–water partition coefficient (Wildman–Crippen LogP) is 2.31. The van der Waals surface area contributed by atoms with Gasteiger partial charge in [0.1, 0.15) is 35.3 Å². The number of piperidine rings is 1. The molecular weight excluding hydrogens is 337 g/mol. The van der Waals surface area contributed by atoms with Crippen molar-refractivity contribution in [3.63, 3.8) is 0 Å². The Morgan fingerprint density at radius 2 is 2.12 bits per heavy atom. The lowest BCUT2D eigenvalue weighted by molar-refractivity contribution is -0.0533. The lowest BCUT2D eigenvalue weighted by Crippen LogP contribution is -2.53. The van der Waals surface area contributed by atoms with Crippen LogP contribution >= 0.6 is 0 Å². The number of hydrogen-bond donors (Lipinski definition) is 2. The van der Waals surface area contributed by atoms with Gasteiger partial charge in [-0.05, 0) is 49.2 Å². The highest BCUT2D eigenvalue weighted by atomic mass is 19.1. The molecule has 1 atom stereocenters. The quantitative estimate of drug-likeness (QED) is 0.857. The number of pyridine rings is 1. The molecule has 0 aliphatic carbocycles. The summed E-state index contributed by atoms with van der Waals surface area (Å²) in [6.07, 6.45) is 1.20. The molecule has 2 heterocycles. The van der Waals surface area contributed by atoms with E-state index in [1.807, 2.05) is 0 Å². The third-order valence-electron chi connectivity index (χ3n) is 4.39. The second-order valence-corrected chi connectivity index (χ2v) is 6.46. The maximum atomic E-state index is 13.0. The van der Waals surface area contributed by atoms with Gasteiger partial charge in [0.05, 0.1) is 6.54 Å². The highest BCUT2D eigenvalue weighted by Crippen LogP contribution is 2.24. The SMILES string of the molecule is CNc1cccc(C(=O)N2CCCC(O)(COc3ccc(F)cc3)C2)n1. The summed E-state index contributed by atoms with van der Waals surface area (Å²) < 4.78 is 18.5. The summed E-state index contributed by atoms with van der Waals surface area (Å²) in [5, 5.41) is 13.7. The van der Waals surface area contributed by atoms with Crippen LogP contribution in [0, 0.1) is 5.82 Å². The fourth-order valence-electron chi connectivity index (χ4n) is 3.01. The van der Waals surface area contributed by atoms with Gasteiger partial charge in [-0.1, -0.05) is 6.07 Å². The van der Waals surface area contributed by atoms with E-state index in [1.165, 1.54) is 24.3 Å². The van der Waals surface area contributed by atoms with E-state index >= 15 is 0 Å². The number of nitrogens with one attached hydrogen (secondary N) is 1. The molecule has 0 radical (unpaired) electrons. The molecule has 1 aromatic heterocycles. The molecule has 3 rings (SSSR count). The van der Waals surface area contributed by atoms with E-state index in [4.69, 9.17) is 4.74 Å². The number of β-amino-alcohol motifs (C(OH)–C–C–N with tert-alkyl or cyclic N) is 1. The Balaban J connectivity index is 1.65. The second-order valence-electron chi connectivity index (χ2n) is 6.46. The zero-order valence-corrected chi connectivity index (χ0v) is 14.6. The van der Waals surface area contributed by atoms with Crippen molar-refractivity contribution in [2.75, 3.05) is 32.1 Å². The topological polar surface area (TPSA) is 74.7 Å². The van der Waals surface area contributed by atoms with Crippen LogP contribution < -0.4 is 10.1 Å². The number of carbonyl (C=O) groups is 1. The molecular formula is C19H22FN3O3. The first kappa shape index (κ1) is 18.1. The number of nitrogens with zero attached hydrogens (tertiary/aromatic N) is 2. The summed E-state index contributed by atoms with van der Waals surface area (Å²) in [5.74, 6) is 0.526. The van der Waals surface area contributed by atoms with Gasteiger partial charge in [0.2, 0.25) is 0 Å². The van der Waals surface area contributed by atoms with Crippen molar-refractivity contribution in [3.8, 4) is 5.75 Å². The van der Waals surface area contributed by atoms with Crippen LogP contribution in [0.3, 0.4) is 0 Å². The van der Waals surface area contributed by atoms with E-state index in [-0.39, 0.29) is 24.9 Å². The number of aliphatic hydroxyl groups is 1. The average Bonchev–Trinajstić information content (AvgIpc) is 2.67. The Hall–Kier alpha value is -2.67. The smallest absolute Gasteiger partial charge is 0.272 e. The highest BCUT2D eigenvalue weighted by Gasteiger charge is 2.36. The maximum absolute atomic E-state index is 13.0. The van der Waals surface area contributed by atoms with Crippen molar-refractivity contribution in [1.82, 2.24) is 9.88 Å². The molecule has 0 saturated carbocycles. The van der Waals surface area contributed by atoms with Gasteiger partial charge in [-0.3, -0.25) is 4.79 Å². The molecule has 1 amide bonds. The number of halogens is 1. The fraction of sp³-hybridized carbons (Fsp3) is 0.368. The van der Waals surface area contributed by atoms with E-state index in [1.54, 1.807) is 30.1 Å². The fourth-order valence-corrected chi connectivity index (χ4v) is 3.01. The average molecular weight is 359 g/mol. The Morgan fingerprint density at radius 1 is 1.35 bits per heavy atom. The Bertz CT molecular complexity index is 769. The largest absolute Gasteiger partial charge is 0.491 e. The van der Waals surface area contributed by atoms with Crippen molar-refractivity contribution in [2.45, 2.75) is 18.4 Å². The second kappa shape index (κ2) is 7.70. The number of benzene rings is 1. The van der Waals surface area contributed by atoms with Crippen molar-refractivity contribution < 1.29 is 19.0 Å². The number of amides is 1. The molecule has 1 aliphatic heterocycles. The lowest BCUT2D eigenvalue weighted by Gasteiger charge is -2.38. The summed E-state index contributed by atoms with van der Waals surface area (Å²) in [6.45, 7) is 0.758. The van der Waals surface area contributed by atoms with E-state index in [0.717, 1.165) is 0 Å².